The summed E-state index contributed by atoms with van der Waals surface area (Å²) in [4.78, 5) is 2.51. The van der Waals surface area contributed by atoms with E-state index < -0.39 is 0 Å². The van der Waals surface area contributed by atoms with Gasteiger partial charge < -0.3 is 10.2 Å². The highest BCUT2D eigenvalue weighted by Crippen LogP contribution is 2.37. The van der Waals surface area contributed by atoms with Gasteiger partial charge >= 0.3 is 0 Å². The first-order chi connectivity index (χ1) is 10.1. The molecule has 2 aromatic rings. The summed E-state index contributed by atoms with van der Waals surface area (Å²) in [5, 5.41) is 0. The van der Waals surface area contributed by atoms with Crippen molar-refractivity contribution in [3.05, 3.63) is 59.5 Å². The normalized spacial score (nSPS) is 17.9. The molecule has 0 spiro atoms. The van der Waals surface area contributed by atoms with Crippen molar-refractivity contribution in [3.63, 3.8) is 0 Å². The van der Waals surface area contributed by atoms with E-state index in [9.17, 15) is 0 Å². The maximum atomic E-state index is 6.30. The molecule has 1 heterocycles. The molecule has 0 saturated heterocycles. The summed E-state index contributed by atoms with van der Waals surface area (Å²) in [6.45, 7) is 4.99. The molecule has 2 unspecified atom stereocenters. The molecule has 1 aliphatic rings. The quantitative estimate of drug-likeness (QED) is 0.880. The minimum atomic E-state index is 0.0415. The van der Waals surface area contributed by atoms with Gasteiger partial charge in [0.05, 0.1) is 6.04 Å². The van der Waals surface area contributed by atoms with Gasteiger partial charge in [0.15, 0.2) is 0 Å². The topological polar surface area (TPSA) is 42.4 Å². The first-order valence-corrected chi connectivity index (χ1v) is 7.76. The second-order valence-corrected chi connectivity index (χ2v) is 6.14. The fourth-order valence-electron chi connectivity index (χ4n) is 2.99. The van der Waals surface area contributed by atoms with Crippen LogP contribution in [0.2, 0.25) is 0 Å². The number of benzene rings is 1. The molecule has 3 heteroatoms. The maximum absolute atomic E-state index is 6.30. The van der Waals surface area contributed by atoms with Crippen molar-refractivity contribution in [2.75, 3.05) is 0 Å². The van der Waals surface area contributed by atoms with Gasteiger partial charge in [0.25, 0.3) is 0 Å². The molecule has 1 saturated carbocycles. The fourth-order valence-corrected chi connectivity index (χ4v) is 2.99. The van der Waals surface area contributed by atoms with Crippen LogP contribution >= 0.6 is 0 Å². The van der Waals surface area contributed by atoms with Crippen molar-refractivity contribution in [2.45, 2.75) is 51.4 Å². The lowest BCUT2D eigenvalue weighted by molar-refractivity contribution is 0.136. The highest BCUT2D eigenvalue weighted by Gasteiger charge is 2.37. The monoisotopic (exact) mass is 284 g/mol. The standard InChI is InChI=1S/C18H24N2O/c1-13-8-11-17(21-13)18(14(2)19)20(16-9-10-16)12-15-6-4-3-5-7-15/h3-8,11,14,16,18H,9-10,12,19H2,1-2H3. The smallest absolute Gasteiger partial charge is 0.122 e. The van der Waals surface area contributed by atoms with Gasteiger partial charge in [-0.1, -0.05) is 30.3 Å². The summed E-state index contributed by atoms with van der Waals surface area (Å²) in [5.74, 6) is 1.94. The number of furan rings is 1. The number of nitrogens with zero attached hydrogens (tertiary/aromatic N) is 1. The number of nitrogens with two attached hydrogens (primary N) is 1. The van der Waals surface area contributed by atoms with Crippen molar-refractivity contribution in [3.8, 4) is 0 Å². The lowest BCUT2D eigenvalue weighted by Gasteiger charge is -2.33. The van der Waals surface area contributed by atoms with Gasteiger partial charge in [-0.2, -0.15) is 0 Å². The summed E-state index contributed by atoms with van der Waals surface area (Å²) in [6, 6.07) is 15.5. The number of hydrogen-bond acceptors (Lipinski definition) is 3. The number of rotatable bonds is 6. The van der Waals surface area contributed by atoms with Crippen molar-refractivity contribution >= 4 is 0 Å². The molecular formula is C18H24N2O. The van der Waals surface area contributed by atoms with Crippen molar-refractivity contribution < 1.29 is 4.42 Å². The molecule has 1 aromatic heterocycles. The van der Waals surface area contributed by atoms with E-state index in [1.54, 1.807) is 0 Å². The molecular weight excluding hydrogens is 260 g/mol. The third kappa shape index (κ3) is 3.36. The van der Waals surface area contributed by atoms with E-state index in [4.69, 9.17) is 10.2 Å². The summed E-state index contributed by atoms with van der Waals surface area (Å²) >= 11 is 0. The zero-order valence-corrected chi connectivity index (χ0v) is 12.8. The van der Waals surface area contributed by atoms with E-state index in [0.29, 0.717) is 6.04 Å². The van der Waals surface area contributed by atoms with Crippen LogP contribution in [0.15, 0.2) is 46.9 Å². The average molecular weight is 284 g/mol. The molecule has 3 rings (SSSR count). The Balaban J connectivity index is 1.86. The van der Waals surface area contributed by atoms with E-state index in [0.717, 1.165) is 18.1 Å². The summed E-state index contributed by atoms with van der Waals surface area (Å²) in [6.07, 6.45) is 2.52. The predicted molar refractivity (Wildman–Crippen MR) is 84.8 cm³/mol. The molecule has 0 bridgehead atoms. The molecule has 2 atom stereocenters. The van der Waals surface area contributed by atoms with Gasteiger partial charge in [-0.3, -0.25) is 4.90 Å². The Hall–Kier alpha value is -1.58. The van der Waals surface area contributed by atoms with Crippen molar-refractivity contribution in [1.29, 1.82) is 0 Å². The zero-order valence-electron chi connectivity index (χ0n) is 12.8. The average Bonchev–Trinajstić information content (AvgIpc) is 3.22. The molecule has 0 amide bonds. The first-order valence-electron chi connectivity index (χ1n) is 7.76. The zero-order chi connectivity index (χ0) is 14.8. The van der Waals surface area contributed by atoms with Crippen LogP contribution in [0.25, 0.3) is 0 Å². The van der Waals surface area contributed by atoms with E-state index >= 15 is 0 Å². The Morgan fingerprint density at radius 2 is 1.90 bits per heavy atom. The van der Waals surface area contributed by atoms with E-state index in [1.165, 1.54) is 18.4 Å². The largest absolute Gasteiger partial charge is 0.465 e. The maximum Gasteiger partial charge on any atom is 0.122 e. The van der Waals surface area contributed by atoms with Crippen LogP contribution in [0.1, 0.15) is 42.9 Å². The lowest BCUT2D eigenvalue weighted by Crippen LogP contribution is -2.40. The summed E-state index contributed by atoms with van der Waals surface area (Å²) in [5.41, 5.74) is 7.63. The van der Waals surface area contributed by atoms with Crippen LogP contribution in [0.5, 0.6) is 0 Å². The van der Waals surface area contributed by atoms with Crippen LogP contribution in [0.3, 0.4) is 0 Å². The van der Waals surface area contributed by atoms with Gasteiger partial charge in [-0.05, 0) is 44.4 Å². The SMILES string of the molecule is Cc1ccc(C(C(C)N)N(Cc2ccccc2)C2CC2)o1. The van der Waals surface area contributed by atoms with Gasteiger partial charge in [0.1, 0.15) is 11.5 Å². The van der Waals surface area contributed by atoms with Gasteiger partial charge in [-0.15, -0.1) is 0 Å². The number of hydrogen-bond donors (Lipinski definition) is 1. The van der Waals surface area contributed by atoms with Gasteiger partial charge in [0, 0.05) is 18.6 Å². The molecule has 3 nitrogen and oxygen atoms in total. The van der Waals surface area contributed by atoms with Crippen molar-refractivity contribution in [1.82, 2.24) is 4.90 Å². The third-order valence-electron chi connectivity index (χ3n) is 4.13. The molecule has 0 aliphatic heterocycles. The second kappa shape index (κ2) is 6.04. The number of aryl methyl sites for hydroxylation is 1. The summed E-state index contributed by atoms with van der Waals surface area (Å²) in [7, 11) is 0. The van der Waals surface area contributed by atoms with E-state index in [-0.39, 0.29) is 12.1 Å². The Bertz CT molecular complexity index is 572. The van der Waals surface area contributed by atoms with Crippen molar-refractivity contribution in [2.24, 2.45) is 5.73 Å². The van der Waals surface area contributed by atoms with Gasteiger partial charge in [0.2, 0.25) is 0 Å². The molecule has 1 aromatic carbocycles. The second-order valence-electron chi connectivity index (χ2n) is 6.14. The highest BCUT2D eigenvalue weighted by atomic mass is 16.3. The van der Waals surface area contributed by atoms with Crippen LogP contribution in [0.4, 0.5) is 0 Å². The predicted octanol–water partition coefficient (Wildman–Crippen LogP) is 3.64. The Morgan fingerprint density at radius 1 is 1.19 bits per heavy atom. The van der Waals surface area contributed by atoms with Crippen LogP contribution in [-0.4, -0.2) is 17.0 Å². The van der Waals surface area contributed by atoms with E-state index in [1.807, 2.05) is 13.0 Å². The van der Waals surface area contributed by atoms with E-state index in [2.05, 4.69) is 48.2 Å². The minimum Gasteiger partial charge on any atom is -0.465 e. The first kappa shape index (κ1) is 14.4. The van der Waals surface area contributed by atoms with Crippen LogP contribution in [0, 0.1) is 6.92 Å². The molecule has 1 aliphatic carbocycles. The Kier molecular flexibility index (Phi) is 4.13. The molecule has 2 N–H and O–H groups in total. The van der Waals surface area contributed by atoms with Crippen LogP contribution in [-0.2, 0) is 6.54 Å². The molecule has 1 fully saturated rings. The summed E-state index contributed by atoms with van der Waals surface area (Å²) < 4.78 is 5.88. The van der Waals surface area contributed by atoms with Gasteiger partial charge in [-0.25, -0.2) is 0 Å². The molecule has 112 valence electrons. The third-order valence-corrected chi connectivity index (χ3v) is 4.13. The van der Waals surface area contributed by atoms with Crippen LogP contribution < -0.4 is 5.73 Å². The minimum absolute atomic E-state index is 0.0415. The Labute approximate surface area is 126 Å². The lowest BCUT2D eigenvalue weighted by atomic mass is 10.0. The molecule has 0 radical (unpaired) electrons. The fraction of sp³-hybridized carbons (Fsp3) is 0.444. The Morgan fingerprint density at radius 3 is 2.43 bits per heavy atom. The highest BCUT2D eigenvalue weighted by molar-refractivity contribution is 5.18. The molecule has 21 heavy (non-hydrogen) atoms.